The number of ether oxygens (including phenoxy) is 2. The van der Waals surface area contributed by atoms with Crippen LogP contribution < -0.4 is 14.5 Å². The van der Waals surface area contributed by atoms with Crippen LogP contribution in [0.2, 0.25) is 0 Å². The molecule has 9 nitrogen and oxygen atoms in total. The van der Waals surface area contributed by atoms with Gasteiger partial charge in [-0.3, -0.25) is 9.10 Å². The number of rotatable bonds is 9. The van der Waals surface area contributed by atoms with Crippen LogP contribution in [0.1, 0.15) is 16.7 Å². The molecule has 0 heterocycles. The minimum absolute atomic E-state index is 0.229. The Kier molecular flexibility index (Phi) is 8.14. The van der Waals surface area contributed by atoms with Crippen LogP contribution in [0.15, 0.2) is 47.6 Å². The number of esters is 1. The summed E-state index contributed by atoms with van der Waals surface area (Å²) >= 11 is 0. The standard InChI is InChI=1S/C21H25N3O6S/c1-15-8-16(2)10-18(9-15)24(31(4,27)28)13-20(25)23-22-12-17-6-5-7-19(11-17)30-14-21(26)29-3/h5-12H,13-14H2,1-4H3,(H,23,25)/b22-12-. The van der Waals surface area contributed by atoms with Gasteiger partial charge in [0.05, 0.1) is 25.3 Å². The minimum Gasteiger partial charge on any atom is -0.482 e. The van der Waals surface area contributed by atoms with E-state index in [2.05, 4.69) is 15.3 Å². The first kappa shape index (κ1) is 23.9. The average Bonchev–Trinajstić information content (AvgIpc) is 2.69. The van der Waals surface area contributed by atoms with E-state index >= 15 is 0 Å². The number of hydrogen-bond acceptors (Lipinski definition) is 7. The lowest BCUT2D eigenvalue weighted by molar-refractivity contribution is -0.142. The number of carbonyl (C=O) groups excluding carboxylic acids is 2. The van der Waals surface area contributed by atoms with Gasteiger partial charge in [-0.15, -0.1) is 0 Å². The molecule has 10 heteroatoms. The Bertz CT molecular complexity index is 1060. The number of hydrazone groups is 1. The Morgan fingerprint density at radius 3 is 2.42 bits per heavy atom. The van der Waals surface area contributed by atoms with Crippen molar-refractivity contribution < 1.29 is 27.5 Å². The molecule has 0 aromatic heterocycles. The second kappa shape index (κ2) is 10.6. The molecular formula is C21H25N3O6S. The molecule has 2 rings (SSSR count). The first-order valence-electron chi connectivity index (χ1n) is 9.26. The molecule has 31 heavy (non-hydrogen) atoms. The Morgan fingerprint density at radius 1 is 1.13 bits per heavy atom. The van der Waals surface area contributed by atoms with Gasteiger partial charge < -0.3 is 9.47 Å². The summed E-state index contributed by atoms with van der Waals surface area (Å²) in [7, 11) is -2.41. The van der Waals surface area contributed by atoms with Crippen molar-refractivity contribution >= 4 is 33.8 Å². The van der Waals surface area contributed by atoms with Gasteiger partial charge in [0.25, 0.3) is 5.91 Å². The van der Waals surface area contributed by atoms with E-state index in [4.69, 9.17) is 4.74 Å². The lowest BCUT2D eigenvalue weighted by Crippen LogP contribution is -2.39. The summed E-state index contributed by atoms with van der Waals surface area (Å²) in [6.45, 7) is 3.06. The second-order valence-electron chi connectivity index (χ2n) is 6.85. The zero-order valence-corrected chi connectivity index (χ0v) is 18.6. The van der Waals surface area contributed by atoms with Gasteiger partial charge in [-0.25, -0.2) is 18.6 Å². The molecule has 0 bridgehead atoms. The van der Waals surface area contributed by atoms with E-state index in [1.165, 1.54) is 13.3 Å². The summed E-state index contributed by atoms with van der Waals surface area (Å²) in [6.07, 6.45) is 2.42. The number of amides is 1. The molecular weight excluding hydrogens is 422 g/mol. The number of methoxy groups -OCH3 is 1. The molecule has 0 aliphatic heterocycles. The Balaban J connectivity index is 2.04. The number of nitrogens with zero attached hydrogens (tertiary/aromatic N) is 2. The number of nitrogens with one attached hydrogen (secondary N) is 1. The summed E-state index contributed by atoms with van der Waals surface area (Å²) in [5, 5.41) is 3.86. The predicted octanol–water partition coefficient (Wildman–Crippen LogP) is 1.77. The highest BCUT2D eigenvalue weighted by Gasteiger charge is 2.21. The maximum atomic E-state index is 12.3. The van der Waals surface area contributed by atoms with Gasteiger partial charge in [-0.1, -0.05) is 18.2 Å². The van der Waals surface area contributed by atoms with Crippen molar-refractivity contribution in [2.45, 2.75) is 13.8 Å². The van der Waals surface area contributed by atoms with Gasteiger partial charge in [0.1, 0.15) is 12.3 Å². The molecule has 0 aliphatic carbocycles. The summed E-state index contributed by atoms with van der Waals surface area (Å²) in [5.74, 6) is -0.678. The van der Waals surface area contributed by atoms with Crippen LogP contribution in [0.4, 0.5) is 5.69 Å². The number of carbonyl (C=O) groups is 2. The highest BCUT2D eigenvalue weighted by molar-refractivity contribution is 7.92. The van der Waals surface area contributed by atoms with Crippen molar-refractivity contribution in [1.82, 2.24) is 5.43 Å². The van der Waals surface area contributed by atoms with Crippen LogP contribution in [0.3, 0.4) is 0 Å². The summed E-state index contributed by atoms with van der Waals surface area (Å²) in [4.78, 5) is 23.5. The Hall–Kier alpha value is -3.40. The topological polar surface area (TPSA) is 114 Å². The van der Waals surface area contributed by atoms with Crippen LogP contribution in [-0.4, -0.2) is 53.0 Å². The molecule has 2 aromatic rings. The van der Waals surface area contributed by atoms with E-state index in [0.717, 1.165) is 21.7 Å². The third-order valence-electron chi connectivity index (χ3n) is 4.03. The van der Waals surface area contributed by atoms with Crippen molar-refractivity contribution in [3.8, 4) is 5.75 Å². The molecule has 0 aliphatic rings. The maximum absolute atomic E-state index is 12.3. The molecule has 0 saturated heterocycles. The Labute approximate surface area is 181 Å². The fourth-order valence-electron chi connectivity index (χ4n) is 2.73. The zero-order valence-electron chi connectivity index (χ0n) is 17.8. The highest BCUT2D eigenvalue weighted by Crippen LogP contribution is 2.21. The predicted molar refractivity (Wildman–Crippen MR) is 118 cm³/mol. The van der Waals surface area contributed by atoms with Gasteiger partial charge >= 0.3 is 5.97 Å². The van der Waals surface area contributed by atoms with Gasteiger partial charge in [-0.2, -0.15) is 5.10 Å². The largest absolute Gasteiger partial charge is 0.482 e. The van der Waals surface area contributed by atoms with Crippen LogP contribution in [-0.2, 0) is 24.3 Å². The fraction of sp³-hybridized carbons (Fsp3) is 0.286. The van der Waals surface area contributed by atoms with Crippen LogP contribution in [0.25, 0.3) is 0 Å². The maximum Gasteiger partial charge on any atom is 0.343 e. The molecule has 0 unspecified atom stereocenters. The number of hydrogen-bond donors (Lipinski definition) is 1. The van der Waals surface area contributed by atoms with Crippen molar-refractivity contribution in [1.29, 1.82) is 0 Å². The van der Waals surface area contributed by atoms with Gasteiger partial charge in [0.2, 0.25) is 10.0 Å². The van der Waals surface area contributed by atoms with Crippen molar-refractivity contribution in [3.63, 3.8) is 0 Å². The molecule has 166 valence electrons. The van der Waals surface area contributed by atoms with Crippen LogP contribution >= 0.6 is 0 Å². The van der Waals surface area contributed by atoms with E-state index in [1.807, 2.05) is 19.9 Å². The summed E-state index contributed by atoms with van der Waals surface area (Å²) < 4.78 is 35.3. The number of anilines is 1. The van der Waals surface area contributed by atoms with Crippen molar-refractivity contribution in [2.75, 3.05) is 30.8 Å². The van der Waals surface area contributed by atoms with Crippen molar-refractivity contribution in [2.24, 2.45) is 5.10 Å². The van der Waals surface area contributed by atoms with Crippen LogP contribution in [0.5, 0.6) is 5.75 Å². The fourth-order valence-corrected chi connectivity index (χ4v) is 3.57. The van der Waals surface area contributed by atoms with E-state index in [-0.39, 0.29) is 6.61 Å². The number of aryl methyl sites for hydroxylation is 2. The van der Waals surface area contributed by atoms with Gasteiger partial charge in [-0.05, 0) is 54.8 Å². The SMILES string of the molecule is COC(=O)COc1cccc(/C=N\NC(=O)CN(c2cc(C)cc(C)c2)S(C)(=O)=O)c1. The molecule has 0 spiro atoms. The monoisotopic (exact) mass is 447 g/mol. The van der Waals surface area contributed by atoms with Crippen LogP contribution in [0, 0.1) is 13.8 Å². The third-order valence-corrected chi connectivity index (χ3v) is 5.17. The molecule has 0 saturated carbocycles. The first-order chi connectivity index (χ1) is 14.6. The summed E-state index contributed by atoms with van der Waals surface area (Å²) in [6, 6.07) is 12.0. The Morgan fingerprint density at radius 2 is 1.81 bits per heavy atom. The van der Waals surface area contributed by atoms with E-state index in [9.17, 15) is 18.0 Å². The molecule has 2 aromatic carbocycles. The minimum atomic E-state index is -3.68. The average molecular weight is 448 g/mol. The quantitative estimate of drug-likeness (QED) is 0.356. The molecule has 0 radical (unpaired) electrons. The van der Waals surface area contributed by atoms with Gasteiger partial charge in [0, 0.05) is 0 Å². The first-order valence-corrected chi connectivity index (χ1v) is 11.1. The molecule has 1 amide bonds. The molecule has 0 fully saturated rings. The number of benzene rings is 2. The zero-order chi connectivity index (χ0) is 23.0. The van der Waals surface area contributed by atoms with Crippen molar-refractivity contribution in [3.05, 3.63) is 59.2 Å². The normalized spacial score (nSPS) is 11.2. The van der Waals surface area contributed by atoms with E-state index in [1.54, 1.807) is 36.4 Å². The second-order valence-corrected chi connectivity index (χ2v) is 8.75. The summed E-state index contributed by atoms with van der Waals surface area (Å²) in [5.41, 5.74) is 5.11. The lowest BCUT2D eigenvalue weighted by atomic mass is 10.1. The number of sulfonamides is 1. The van der Waals surface area contributed by atoms with Gasteiger partial charge in [0.15, 0.2) is 6.61 Å². The smallest absolute Gasteiger partial charge is 0.343 e. The molecule has 0 atom stereocenters. The third kappa shape index (κ3) is 7.74. The van der Waals surface area contributed by atoms with E-state index in [0.29, 0.717) is 17.0 Å². The lowest BCUT2D eigenvalue weighted by Gasteiger charge is -2.22. The molecule has 1 N–H and O–H groups in total. The highest BCUT2D eigenvalue weighted by atomic mass is 32.2. The van der Waals surface area contributed by atoms with E-state index < -0.39 is 28.4 Å².